The number of para-hydroxylation sites is 4. The molecule has 3 unspecified atom stereocenters. The molecule has 5 nitrogen and oxygen atoms in total. The van der Waals surface area contributed by atoms with Gasteiger partial charge in [0.2, 0.25) is 0 Å². The van der Waals surface area contributed by atoms with Crippen LogP contribution in [0.2, 0.25) is 0 Å². The standard InChI is InChI=1S/C75H58N4OP2/c80-82(75(48-45-54-27-9-1-10-28-54)69-50-64(55-29-11-2-12-30-55)66(57-33-15-4-16-34-57)52-73(69)78(82)61-41-23-8-24-42-61)79-71-44-26-25-43-63(71)68-49-62(46-47-72(68)79)81-77(60-39-21-7-22-40-60)74-53-67(58-35-17-5-18-36-58)65(56-31-13-3-14-32-56)51-70(74)76-59-37-19-6-20-38-59/h1-44,46-47,49-53,75-76,81H,45,48H2. The summed E-state index contributed by atoms with van der Waals surface area (Å²) in [6.45, 7) is 0. The third-order valence-electron chi connectivity index (χ3n) is 16.0. The van der Waals surface area contributed by atoms with E-state index in [0.717, 1.165) is 118 Å². The molecule has 394 valence electrons. The number of fused-ring (bicyclic) bond motifs is 4. The van der Waals surface area contributed by atoms with Crippen molar-refractivity contribution in [2.24, 2.45) is 0 Å². The highest BCUT2D eigenvalue weighted by Crippen LogP contribution is 2.76. The van der Waals surface area contributed by atoms with Crippen LogP contribution in [-0.4, -0.2) is 4.34 Å². The van der Waals surface area contributed by atoms with Crippen LogP contribution in [0.15, 0.2) is 309 Å². The lowest BCUT2D eigenvalue weighted by Crippen LogP contribution is -2.17. The third-order valence-corrected chi connectivity index (χ3v) is 20.6. The van der Waals surface area contributed by atoms with Crippen molar-refractivity contribution >= 4 is 77.4 Å². The van der Waals surface area contributed by atoms with Gasteiger partial charge in [0.05, 0.1) is 33.8 Å². The zero-order valence-corrected chi connectivity index (χ0v) is 47.0. The molecule has 0 fully saturated rings. The molecule has 1 aliphatic rings. The largest absolute Gasteiger partial charge is 0.354 e. The number of rotatable bonds is 15. The molecule has 0 saturated heterocycles. The second-order valence-corrected chi connectivity index (χ2v) is 24.8. The molecule has 0 spiro atoms. The lowest BCUT2D eigenvalue weighted by molar-refractivity contribution is 0.558. The van der Waals surface area contributed by atoms with Crippen molar-refractivity contribution in [1.29, 1.82) is 0 Å². The Morgan fingerprint density at radius 3 is 1.51 bits per heavy atom. The fraction of sp³-hybridized carbons (Fsp3) is 0.0400. The molecular weight excluding hydrogens is 1030 g/mol. The van der Waals surface area contributed by atoms with Gasteiger partial charge in [0, 0.05) is 36.6 Å². The van der Waals surface area contributed by atoms with E-state index >= 15 is 4.57 Å². The normalized spacial score (nSPS) is 14.8. The number of aromatic nitrogens is 1. The molecule has 1 N–H and O–H groups in total. The molecule has 1 aliphatic heterocycles. The molecule has 0 bridgehead atoms. The fourth-order valence-corrected chi connectivity index (χ4v) is 17.1. The van der Waals surface area contributed by atoms with Gasteiger partial charge >= 0.3 is 0 Å². The van der Waals surface area contributed by atoms with E-state index in [9.17, 15) is 0 Å². The molecule has 12 aromatic carbocycles. The number of hydrogen-bond acceptors (Lipinski definition) is 3. The van der Waals surface area contributed by atoms with Crippen LogP contribution in [-0.2, 0) is 11.0 Å². The summed E-state index contributed by atoms with van der Waals surface area (Å²) >= 11 is 0. The van der Waals surface area contributed by atoms with Crippen molar-refractivity contribution in [2.75, 3.05) is 14.7 Å². The fourth-order valence-electron chi connectivity index (χ4n) is 12.2. The molecular formula is C75H58N4OP2. The van der Waals surface area contributed by atoms with Gasteiger partial charge in [0.25, 0.3) is 7.44 Å². The lowest BCUT2D eigenvalue weighted by Gasteiger charge is -2.33. The van der Waals surface area contributed by atoms with E-state index in [1.54, 1.807) is 0 Å². The highest BCUT2D eigenvalue weighted by atomic mass is 31.2. The van der Waals surface area contributed by atoms with Crippen LogP contribution in [0.4, 0.5) is 34.1 Å². The smallest absolute Gasteiger partial charge is 0.279 e. The zero-order valence-electron chi connectivity index (χ0n) is 45.1. The number of hydrogen-bond donors (Lipinski definition) is 1. The van der Waals surface area contributed by atoms with Crippen LogP contribution >= 0.6 is 16.2 Å². The van der Waals surface area contributed by atoms with Crippen molar-refractivity contribution < 1.29 is 4.57 Å². The minimum atomic E-state index is -3.76. The number of nitrogens with zero attached hydrogens (tertiary/aromatic N) is 3. The summed E-state index contributed by atoms with van der Waals surface area (Å²) in [5.41, 5.74) is 18.9. The molecule has 2 heterocycles. The average molecular weight is 1090 g/mol. The van der Waals surface area contributed by atoms with Gasteiger partial charge in [-0.2, -0.15) is 0 Å². The van der Waals surface area contributed by atoms with Gasteiger partial charge in [-0.05, 0) is 153 Å². The summed E-state index contributed by atoms with van der Waals surface area (Å²) in [5.74, 6) is 0. The molecule has 0 radical (unpaired) electrons. The quantitative estimate of drug-likeness (QED) is 0.104. The molecule has 82 heavy (non-hydrogen) atoms. The molecule has 13 aromatic rings. The molecule has 14 rings (SSSR count). The number of benzene rings is 12. The van der Waals surface area contributed by atoms with Crippen molar-refractivity contribution in [3.63, 3.8) is 0 Å². The van der Waals surface area contributed by atoms with Crippen molar-refractivity contribution in [3.8, 4) is 44.5 Å². The second-order valence-electron chi connectivity index (χ2n) is 20.9. The van der Waals surface area contributed by atoms with E-state index in [4.69, 9.17) is 0 Å². The third kappa shape index (κ3) is 9.48. The maximum Gasteiger partial charge on any atom is 0.279 e. The summed E-state index contributed by atoms with van der Waals surface area (Å²) in [5, 5.41) is 7.17. The summed E-state index contributed by atoms with van der Waals surface area (Å²) < 4.78 is 25.1. The van der Waals surface area contributed by atoms with Crippen molar-refractivity contribution in [1.82, 2.24) is 4.34 Å². The Balaban J connectivity index is 0.973. The Kier molecular flexibility index (Phi) is 13.7. The first kappa shape index (κ1) is 50.7. The maximum absolute atomic E-state index is 18.1. The number of nitrogens with one attached hydrogen (secondary N) is 1. The monoisotopic (exact) mass is 1090 g/mol. The van der Waals surface area contributed by atoms with Crippen molar-refractivity contribution in [2.45, 2.75) is 18.5 Å². The molecule has 0 amide bonds. The van der Waals surface area contributed by atoms with Crippen LogP contribution in [0, 0.1) is 0 Å². The van der Waals surface area contributed by atoms with Gasteiger partial charge in [-0.1, -0.05) is 231 Å². The van der Waals surface area contributed by atoms with E-state index in [0.29, 0.717) is 6.42 Å². The molecule has 0 aliphatic carbocycles. The van der Waals surface area contributed by atoms with Gasteiger partial charge in [-0.25, -0.2) is 0 Å². The van der Waals surface area contributed by atoms with Gasteiger partial charge in [-0.3, -0.25) is 13.6 Å². The summed E-state index contributed by atoms with van der Waals surface area (Å²) in [7, 11) is -3.59. The van der Waals surface area contributed by atoms with Crippen LogP contribution in [0.5, 0.6) is 0 Å². The maximum atomic E-state index is 18.1. The Bertz CT molecular complexity index is 4410. The van der Waals surface area contributed by atoms with Gasteiger partial charge < -0.3 is 9.99 Å². The summed E-state index contributed by atoms with van der Waals surface area (Å²) in [6, 6.07) is 110. The van der Waals surface area contributed by atoms with E-state index in [-0.39, 0.29) is 14.4 Å². The topological polar surface area (TPSA) is 40.5 Å². The second kappa shape index (κ2) is 22.2. The predicted octanol–water partition coefficient (Wildman–Crippen LogP) is 20.8. The van der Waals surface area contributed by atoms with Gasteiger partial charge in [-0.15, -0.1) is 0 Å². The Hall–Kier alpha value is -9.50. The van der Waals surface area contributed by atoms with Crippen molar-refractivity contribution in [3.05, 3.63) is 321 Å². The van der Waals surface area contributed by atoms with E-state index in [1.165, 1.54) is 5.56 Å². The number of aryl methyl sites for hydroxylation is 1. The SMILES string of the molecule is O=P1(n2c3ccccc3c3cc(PN(c4ccccc4)c4cc(-c5ccccc5)c(-c5ccccc5)cc4Nc4ccccc4)ccc32)C(CCc2ccccc2)c2cc(-c3ccccc3)c(-c3ccccc3)cc2N1c1ccccc1. The van der Waals surface area contributed by atoms with Crippen LogP contribution in [0.1, 0.15) is 23.2 Å². The van der Waals surface area contributed by atoms with Crippen LogP contribution in [0.25, 0.3) is 66.3 Å². The summed E-state index contributed by atoms with van der Waals surface area (Å²) in [6.07, 6.45) is 1.43. The minimum absolute atomic E-state index is 0.167. The number of anilines is 6. The van der Waals surface area contributed by atoms with E-state index < -0.39 is 7.44 Å². The van der Waals surface area contributed by atoms with Gasteiger partial charge in [0.15, 0.2) is 0 Å². The van der Waals surface area contributed by atoms with E-state index in [1.807, 2.05) is 0 Å². The highest BCUT2D eigenvalue weighted by molar-refractivity contribution is 7.66. The van der Waals surface area contributed by atoms with Crippen LogP contribution < -0.4 is 20.0 Å². The Labute approximate surface area is 481 Å². The first-order chi connectivity index (χ1) is 40.6. The van der Waals surface area contributed by atoms with Gasteiger partial charge in [0.1, 0.15) is 0 Å². The minimum Gasteiger partial charge on any atom is -0.354 e. The first-order valence-electron chi connectivity index (χ1n) is 28.1. The van der Waals surface area contributed by atoms with Crippen LogP contribution in [0.3, 0.4) is 0 Å². The highest BCUT2D eigenvalue weighted by Gasteiger charge is 2.52. The Morgan fingerprint density at radius 2 is 0.915 bits per heavy atom. The molecule has 7 heteroatoms. The molecule has 0 saturated carbocycles. The first-order valence-corrected chi connectivity index (χ1v) is 30.7. The molecule has 1 aromatic heterocycles. The zero-order chi connectivity index (χ0) is 54.8. The lowest BCUT2D eigenvalue weighted by atomic mass is 9.90. The predicted molar refractivity (Wildman–Crippen MR) is 349 cm³/mol. The Morgan fingerprint density at radius 1 is 0.439 bits per heavy atom. The molecule has 3 atom stereocenters. The summed E-state index contributed by atoms with van der Waals surface area (Å²) in [4.78, 5) is 0. The van der Waals surface area contributed by atoms with E-state index in [2.05, 4.69) is 328 Å². The average Bonchev–Trinajstić information content (AvgIpc) is 1.97.